The summed E-state index contributed by atoms with van der Waals surface area (Å²) in [5.41, 5.74) is 1.24. The fourth-order valence-electron chi connectivity index (χ4n) is 1.79. The Morgan fingerprint density at radius 1 is 1.36 bits per heavy atom. The molecule has 1 heterocycles. The highest BCUT2D eigenvalue weighted by atomic mass is 33.1. The Morgan fingerprint density at radius 2 is 2.09 bits per heavy atom. The number of rotatable bonds is 9. The maximum absolute atomic E-state index is 12.1. The molecule has 1 aromatic heterocycles. The number of nitrogens with one attached hydrogen (secondary N) is 1. The van der Waals surface area contributed by atoms with E-state index in [0.29, 0.717) is 23.8 Å². The summed E-state index contributed by atoms with van der Waals surface area (Å²) in [6.07, 6.45) is 4.05. The number of carbonyl (C=O) groups is 2. The zero-order valence-electron chi connectivity index (χ0n) is 12.4. The monoisotopic (exact) mass is 341 g/mol. The number of carboxylic acids is 1. The average Bonchev–Trinajstić information content (AvgIpc) is 3.30. The average molecular weight is 341 g/mol. The van der Waals surface area contributed by atoms with Crippen LogP contribution in [0.25, 0.3) is 0 Å². The Balaban J connectivity index is 1.67. The maximum atomic E-state index is 12.1. The smallest absolute Gasteiger partial charge is 0.304 e. The highest BCUT2D eigenvalue weighted by Crippen LogP contribution is 2.37. The van der Waals surface area contributed by atoms with Crippen molar-refractivity contribution in [1.29, 1.82) is 0 Å². The number of hydrogen-bond acceptors (Lipinski definition) is 6. The Bertz CT molecular complexity index is 550. The lowest BCUT2D eigenvalue weighted by Crippen LogP contribution is -2.27. The van der Waals surface area contributed by atoms with E-state index in [1.807, 2.05) is 6.92 Å². The lowest BCUT2D eigenvalue weighted by Gasteiger charge is -2.07. The van der Waals surface area contributed by atoms with Crippen LogP contribution in [0.1, 0.15) is 47.1 Å². The van der Waals surface area contributed by atoms with E-state index in [4.69, 9.17) is 5.11 Å². The van der Waals surface area contributed by atoms with Crippen molar-refractivity contribution < 1.29 is 14.7 Å². The summed E-state index contributed by atoms with van der Waals surface area (Å²) in [6.45, 7) is 2.37. The SMILES string of the molecule is Cc1nc(C2CC2)ncc1C(=O)NCCSSCCC(=O)O. The molecule has 0 aromatic carbocycles. The van der Waals surface area contributed by atoms with Crippen LogP contribution in [0.2, 0.25) is 0 Å². The van der Waals surface area contributed by atoms with Crippen molar-refractivity contribution in [3.63, 3.8) is 0 Å². The first-order chi connectivity index (χ1) is 10.6. The lowest BCUT2D eigenvalue weighted by atomic mass is 10.2. The summed E-state index contributed by atoms with van der Waals surface area (Å²) < 4.78 is 0. The van der Waals surface area contributed by atoms with Gasteiger partial charge in [0.15, 0.2) is 0 Å². The molecule has 1 saturated carbocycles. The molecule has 120 valence electrons. The number of aryl methyl sites for hydroxylation is 1. The molecule has 8 heteroatoms. The molecule has 0 saturated heterocycles. The molecule has 2 N–H and O–H groups in total. The second kappa shape index (κ2) is 8.38. The van der Waals surface area contributed by atoms with Gasteiger partial charge in [0.1, 0.15) is 5.82 Å². The summed E-state index contributed by atoms with van der Waals surface area (Å²) in [7, 11) is 3.06. The summed E-state index contributed by atoms with van der Waals surface area (Å²) in [6, 6.07) is 0. The third-order valence-electron chi connectivity index (χ3n) is 3.14. The molecule has 0 atom stereocenters. The van der Waals surface area contributed by atoms with Gasteiger partial charge in [0.2, 0.25) is 0 Å². The standard InChI is InChI=1S/C14H19N3O3S2/c1-9-11(8-16-13(17-9)10-2-3-10)14(20)15-5-7-22-21-6-4-12(18)19/h8,10H,2-7H2,1H3,(H,15,20)(H,18,19). The molecule has 0 radical (unpaired) electrons. The van der Waals surface area contributed by atoms with Gasteiger partial charge < -0.3 is 10.4 Å². The molecule has 1 aliphatic carbocycles. The van der Waals surface area contributed by atoms with Crippen molar-refractivity contribution in [2.75, 3.05) is 18.1 Å². The quantitative estimate of drug-likeness (QED) is 0.525. The molecular formula is C14H19N3O3S2. The summed E-state index contributed by atoms with van der Waals surface area (Å²) >= 11 is 0. The van der Waals surface area contributed by atoms with Gasteiger partial charge in [-0.25, -0.2) is 9.97 Å². The van der Waals surface area contributed by atoms with E-state index in [1.165, 1.54) is 10.8 Å². The third-order valence-corrected chi connectivity index (χ3v) is 5.55. The number of hydrogen-bond donors (Lipinski definition) is 2. The fourth-order valence-corrected chi connectivity index (χ4v) is 3.68. The van der Waals surface area contributed by atoms with E-state index in [1.54, 1.807) is 17.0 Å². The largest absolute Gasteiger partial charge is 0.481 e. The van der Waals surface area contributed by atoms with Crippen LogP contribution in [0.5, 0.6) is 0 Å². The van der Waals surface area contributed by atoms with Gasteiger partial charge >= 0.3 is 5.97 Å². The second-order valence-corrected chi connectivity index (χ2v) is 7.75. The molecule has 22 heavy (non-hydrogen) atoms. The van der Waals surface area contributed by atoms with Gasteiger partial charge in [-0.2, -0.15) is 0 Å². The third kappa shape index (κ3) is 5.49. The summed E-state index contributed by atoms with van der Waals surface area (Å²) in [5, 5.41) is 11.3. The van der Waals surface area contributed by atoms with E-state index in [2.05, 4.69) is 15.3 Å². The predicted octanol–water partition coefficient (Wildman–Crippen LogP) is 2.25. The number of aliphatic carboxylic acids is 1. The van der Waals surface area contributed by atoms with E-state index in [-0.39, 0.29) is 12.3 Å². The molecule has 0 spiro atoms. The maximum Gasteiger partial charge on any atom is 0.304 e. The van der Waals surface area contributed by atoms with E-state index < -0.39 is 5.97 Å². The van der Waals surface area contributed by atoms with Crippen LogP contribution in [-0.2, 0) is 4.79 Å². The van der Waals surface area contributed by atoms with E-state index in [0.717, 1.165) is 30.1 Å². The van der Waals surface area contributed by atoms with Crippen LogP contribution in [0.3, 0.4) is 0 Å². The molecule has 6 nitrogen and oxygen atoms in total. The van der Waals surface area contributed by atoms with Gasteiger partial charge in [-0.3, -0.25) is 9.59 Å². The normalized spacial score (nSPS) is 13.9. The van der Waals surface area contributed by atoms with E-state index in [9.17, 15) is 9.59 Å². The van der Waals surface area contributed by atoms with E-state index >= 15 is 0 Å². The molecule has 1 aromatic rings. The van der Waals surface area contributed by atoms with Gasteiger partial charge in [0.05, 0.1) is 17.7 Å². The topological polar surface area (TPSA) is 92.2 Å². The molecule has 1 amide bonds. The Labute approximate surface area is 137 Å². The highest BCUT2D eigenvalue weighted by molar-refractivity contribution is 8.76. The van der Waals surface area contributed by atoms with Crippen molar-refractivity contribution >= 4 is 33.5 Å². The number of aromatic nitrogens is 2. The van der Waals surface area contributed by atoms with Crippen LogP contribution in [0.15, 0.2) is 6.20 Å². The zero-order valence-corrected chi connectivity index (χ0v) is 14.0. The summed E-state index contributed by atoms with van der Waals surface area (Å²) in [4.78, 5) is 31.1. The Hall–Kier alpha value is -1.28. The van der Waals surface area contributed by atoms with Gasteiger partial charge in [-0.15, -0.1) is 0 Å². The first kappa shape index (κ1) is 17.1. The van der Waals surface area contributed by atoms with Crippen LogP contribution in [0, 0.1) is 6.92 Å². The van der Waals surface area contributed by atoms with Gasteiger partial charge in [-0.05, 0) is 19.8 Å². The fraction of sp³-hybridized carbons (Fsp3) is 0.571. The van der Waals surface area contributed by atoms with Crippen molar-refractivity contribution in [1.82, 2.24) is 15.3 Å². The second-order valence-electron chi connectivity index (χ2n) is 5.05. The highest BCUT2D eigenvalue weighted by Gasteiger charge is 2.27. The van der Waals surface area contributed by atoms with Crippen LogP contribution in [0.4, 0.5) is 0 Å². The molecule has 2 rings (SSSR count). The predicted molar refractivity (Wildman–Crippen MR) is 88.2 cm³/mol. The van der Waals surface area contributed by atoms with Crippen LogP contribution >= 0.6 is 21.6 Å². The molecule has 0 unspecified atom stereocenters. The minimum absolute atomic E-state index is 0.156. The lowest BCUT2D eigenvalue weighted by molar-refractivity contribution is -0.136. The van der Waals surface area contributed by atoms with Crippen LogP contribution < -0.4 is 5.32 Å². The Morgan fingerprint density at radius 3 is 2.73 bits per heavy atom. The Kier molecular flexibility index (Phi) is 6.50. The summed E-state index contributed by atoms with van der Waals surface area (Å²) in [5.74, 6) is 1.69. The molecule has 0 aliphatic heterocycles. The number of carboxylic acid groups (broad SMARTS) is 1. The van der Waals surface area contributed by atoms with Gasteiger partial charge in [0.25, 0.3) is 5.91 Å². The molecule has 0 bridgehead atoms. The van der Waals surface area contributed by atoms with Crippen molar-refractivity contribution in [2.45, 2.75) is 32.1 Å². The number of carbonyl (C=O) groups excluding carboxylic acids is 1. The number of amides is 1. The molecular weight excluding hydrogens is 322 g/mol. The number of nitrogens with zero attached hydrogens (tertiary/aromatic N) is 2. The molecule has 1 fully saturated rings. The van der Waals surface area contributed by atoms with Gasteiger partial charge in [-0.1, -0.05) is 21.6 Å². The van der Waals surface area contributed by atoms with Gasteiger partial charge in [0, 0.05) is 30.2 Å². The van der Waals surface area contributed by atoms with Crippen LogP contribution in [-0.4, -0.2) is 45.0 Å². The minimum atomic E-state index is -0.786. The first-order valence-electron chi connectivity index (χ1n) is 7.16. The molecule has 1 aliphatic rings. The minimum Gasteiger partial charge on any atom is -0.481 e. The first-order valence-corrected chi connectivity index (χ1v) is 9.64. The van der Waals surface area contributed by atoms with Crippen molar-refractivity contribution in [3.8, 4) is 0 Å². The van der Waals surface area contributed by atoms with Crippen molar-refractivity contribution in [3.05, 3.63) is 23.3 Å². The van der Waals surface area contributed by atoms with Crippen molar-refractivity contribution in [2.24, 2.45) is 0 Å². The zero-order chi connectivity index (χ0) is 15.9.